The number of hydrogen-bond acceptors (Lipinski definition) is 4. The molecule has 0 unspecified atom stereocenters. The molecule has 22 heavy (non-hydrogen) atoms. The zero-order valence-electron chi connectivity index (χ0n) is 12.0. The van der Waals surface area contributed by atoms with E-state index < -0.39 is 0 Å². The van der Waals surface area contributed by atoms with Gasteiger partial charge in [0.2, 0.25) is 0 Å². The van der Waals surface area contributed by atoms with Crippen molar-refractivity contribution in [2.45, 2.75) is 6.54 Å². The molecule has 2 aromatic heterocycles. The van der Waals surface area contributed by atoms with Crippen molar-refractivity contribution in [3.8, 4) is 0 Å². The van der Waals surface area contributed by atoms with Crippen LogP contribution in [0, 0.1) is 0 Å². The molecule has 0 aliphatic carbocycles. The van der Waals surface area contributed by atoms with Gasteiger partial charge in [0.15, 0.2) is 5.65 Å². The largest absolute Gasteiger partial charge is 0.355 e. The molecule has 0 fully saturated rings. The number of hydrogen-bond donors (Lipinski definition) is 1. The fourth-order valence-corrected chi connectivity index (χ4v) is 2.26. The maximum Gasteiger partial charge on any atom is 0.263 e. The molecule has 0 saturated carbocycles. The molecule has 0 bridgehead atoms. The second-order valence-corrected chi connectivity index (χ2v) is 4.83. The molecule has 0 spiro atoms. The summed E-state index contributed by atoms with van der Waals surface area (Å²) >= 11 is 0. The number of nitrogens with zero attached hydrogens (tertiary/aromatic N) is 3. The van der Waals surface area contributed by atoms with E-state index in [2.05, 4.69) is 15.3 Å². The van der Waals surface area contributed by atoms with Crippen molar-refractivity contribution in [3.05, 3.63) is 70.4 Å². The standard InChI is InChI=1S/C16H14N4O2/c1-17-15(21)12-5-2-4-11(8-12)9-20-10-19-14-13(16(20)22)6-3-7-18-14/h2-8,10H,9H2,1H3,(H,17,21). The first-order valence-electron chi connectivity index (χ1n) is 6.80. The minimum absolute atomic E-state index is 0.150. The lowest BCUT2D eigenvalue weighted by Crippen LogP contribution is -2.22. The van der Waals surface area contributed by atoms with E-state index in [1.807, 2.05) is 6.07 Å². The number of fused-ring (bicyclic) bond motifs is 1. The third-order valence-electron chi connectivity index (χ3n) is 3.37. The average molecular weight is 294 g/mol. The van der Waals surface area contributed by atoms with E-state index in [1.54, 1.807) is 43.6 Å². The molecule has 0 aliphatic rings. The van der Waals surface area contributed by atoms with E-state index in [1.165, 1.54) is 10.9 Å². The van der Waals surface area contributed by atoms with Gasteiger partial charge in [-0.2, -0.15) is 0 Å². The monoisotopic (exact) mass is 294 g/mol. The molecule has 110 valence electrons. The second kappa shape index (κ2) is 5.77. The van der Waals surface area contributed by atoms with Crippen LogP contribution in [-0.4, -0.2) is 27.5 Å². The smallest absolute Gasteiger partial charge is 0.263 e. The topological polar surface area (TPSA) is 76.9 Å². The summed E-state index contributed by atoms with van der Waals surface area (Å²) < 4.78 is 1.51. The highest BCUT2D eigenvalue weighted by Crippen LogP contribution is 2.08. The number of amides is 1. The van der Waals surface area contributed by atoms with Crippen LogP contribution in [0.4, 0.5) is 0 Å². The predicted molar refractivity (Wildman–Crippen MR) is 82.7 cm³/mol. The van der Waals surface area contributed by atoms with Gasteiger partial charge in [-0.1, -0.05) is 12.1 Å². The zero-order chi connectivity index (χ0) is 15.5. The number of carbonyl (C=O) groups excluding carboxylic acids is 1. The molecule has 3 aromatic rings. The molecular weight excluding hydrogens is 280 g/mol. The van der Waals surface area contributed by atoms with E-state index in [9.17, 15) is 9.59 Å². The maximum atomic E-state index is 12.4. The number of rotatable bonds is 3. The van der Waals surface area contributed by atoms with Crippen molar-refractivity contribution in [1.29, 1.82) is 0 Å². The SMILES string of the molecule is CNC(=O)c1cccc(Cn2cnc3ncccc3c2=O)c1. The second-order valence-electron chi connectivity index (χ2n) is 4.83. The summed E-state index contributed by atoms with van der Waals surface area (Å²) in [7, 11) is 1.58. The highest BCUT2D eigenvalue weighted by Gasteiger charge is 2.07. The fraction of sp³-hybridized carbons (Fsp3) is 0.125. The van der Waals surface area contributed by atoms with E-state index in [0.29, 0.717) is 23.1 Å². The highest BCUT2D eigenvalue weighted by atomic mass is 16.1. The summed E-state index contributed by atoms with van der Waals surface area (Å²) in [6, 6.07) is 10.6. The van der Waals surface area contributed by atoms with Gasteiger partial charge in [0.05, 0.1) is 11.9 Å². The van der Waals surface area contributed by atoms with E-state index in [-0.39, 0.29) is 11.5 Å². The quantitative estimate of drug-likeness (QED) is 0.787. The first-order valence-corrected chi connectivity index (χ1v) is 6.80. The molecule has 0 saturated heterocycles. The summed E-state index contributed by atoms with van der Waals surface area (Å²) in [6.45, 7) is 0.349. The van der Waals surface area contributed by atoms with Crippen molar-refractivity contribution >= 4 is 16.9 Å². The van der Waals surface area contributed by atoms with Crippen LogP contribution in [-0.2, 0) is 6.54 Å². The summed E-state index contributed by atoms with van der Waals surface area (Å²) in [5.41, 5.74) is 1.70. The van der Waals surface area contributed by atoms with Crippen LogP contribution < -0.4 is 10.9 Å². The Balaban J connectivity index is 1.98. The summed E-state index contributed by atoms with van der Waals surface area (Å²) in [5.74, 6) is -0.157. The average Bonchev–Trinajstić information content (AvgIpc) is 2.57. The van der Waals surface area contributed by atoms with Gasteiger partial charge in [-0.15, -0.1) is 0 Å². The van der Waals surface area contributed by atoms with Crippen molar-refractivity contribution in [2.24, 2.45) is 0 Å². The van der Waals surface area contributed by atoms with Crippen LogP contribution in [0.2, 0.25) is 0 Å². The Morgan fingerprint density at radius 1 is 1.23 bits per heavy atom. The zero-order valence-corrected chi connectivity index (χ0v) is 12.0. The Morgan fingerprint density at radius 3 is 2.91 bits per heavy atom. The predicted octanol–water partition coefficient (Wildman–Crippen LogP) is 1.20. The van der Waals surface area contributed by atoms with Gasteiger partial charge >= 0.3 is 0 Å². The molecule has 1 amide bonds. The molecule has 1 N–H and O–H groups in total. The van der Waals surface area contributed by atoms with Crippen molar-refractivity contribution in [1.82, 2.24) is 19.9 Å². The Kier molecular flexibility index (Phi) is 3.65. The van der Waals surface area contributed by atoms with Crippen molar-refractivity contribution in [2.75, 3.05) is 7.05 Å². The third kappa shape index (κ3) is 2.58. The van der Waals surface area contributed by atoms with Crippen LogP contribution in [0.1, 0.15) is 15.9 Å². The first-order chi connectivity index (χ1) is 10.7. The van der Waals surface area contributed by atoms with Crippen LogP contribution in [0.5, 0.6) is 0 Å². The van der Waals surface area contributed by atoms with Gasteiger partial charge in [0.1, 0.15) is 6.33 Å². The van der Waals surface area contributed by atoms with Gasteiger partial charge in [-0.25, -0.2) is 9.97 Å². The van der Waals surface area contributed by atoms with E-state index in [4.69, 9.17) is 0 Å². The Bertz CT molecular complexity index is 902. The molecule has 6 heteroatoms. The van der Waals surface area contributed by atoms with Crippen LogP contribution in [0.25, 0.3) is 11.0 Å². The Labute approximate surface area is 126 Å². The minimum atomic E-state index is -0.157. The number of pyridine rings is 1. The molecule has 0 aliphatic heterocycles. The van der Waals surface area contributed by atoms with Crippen LogP contribution >= 0.6 is 0 Å². The third-order valence-corrected chi connectivity index (χ3v) is 3.37. The minimum Gasteiger partial charge on any atom is -0.355 e. The highest BCUT2D eigenvalue weighted by molar-refractivity contribution is 5.94. The van der Waals surface area contributed by atoms with E-state index >= 15 is 0 Å². The van der Waals surface area contributed by atoms with Gasteiger partial charge in [-0.05, 0) is 29.8 Å². The van der Waals surface area contributed by atoms with Crippen LogP contribution in [0.3, 0.4) is 0 Å². The van der Waals surface area contributed by atoms with Gasteiger partial charge in [0.25, 0.3) is 11.5 Å². The lowest BCUT2D eigenvalue weighted by atomic mass is 10.1. The first kappa shape index (κ1) is 13.9. The Morgan fingerprint density at radius 2 is 2.09 bits per heavy atom. The fourth-order valence-electron chi connectivity index (χ4n) is 2.26. The molecule has 1 aromatic carbocycles. The number of aromatic nitrogens is 3. The molecule has 3 rings (SSSR count). The summed E-state index contributed by atoms with van der Waals surface area (Å²) in [4.78, 5) is 32.3. The van der Waals surface area contributed by atoms with Gasteiger partial charge < -0.3 is 5.32 Å². The maximum absolute atomic E-state index is 12.4. The molecule has 2 heterocycles. The van der Waals surface area contributed by atoms with Gasteiger partial charge in [0, 0.05) is 18.8 Å². The van der Waals surface area contributed by atoms with Crippen molar-refractivity contribution in [3.63, 3.8) is 0 Å². The summed E-state index contributed by atoms with van der Waals surface area (Å²) in [6.07, 6.45) is 3.08. The lowest BCUT2D eigenvalue weighted by molar-refractivity contribution is 0.0963. The Hall–Kier alpha value is -3.02. The summed E-state index contributed by atoms with van der Waals surface area (Å²) in [5, 5.41) is 3.06. The molecule has 0 atom stereocenters. The van der Waals surface area contributed by atoms with Crippen molar-refractivity contribution < 1.29 is 4.79 Å². The molecule has 6 nitrogen and oxygen atoms in total. The number of benzene rings is 1. The number of carbonyl (C=O) groups is 1. The molecular formula is C16H14N4O2. The van der Waals surface area contributed by atoms with Crippen LogP contribution in [0.15, 0.2) is 53.7 Å². The molecule has 0 radical (unpaired) electrons. The normalized spacial score (nSPS) is 10.6. The van der Waals surface area contributed by atoms with Gasteiger partial charge in [-0.3, -0.25) is 14.2 Å². The van der Waals surface area contributed by atoms with E-state index in [0.717, 1.165) is 5.56 Å². The lowest BCUT2D eigenvalue weighted by Gasteiger charge is -2.08. The number of nitrogens with one attached hydrogen (secondary N) is 1.